The van der Waals surface area contributed by atoms with E-state index in [2.05, 4.69) is 34.6 Å². The maximum absolute atomic E-state index is 14.3. The molecule has 0 aliphatic carbocycles. The molecule has 142 valence electrons. The van der Waals surface area contributed by atoms with Crippen LogP contribution in [0.3, 0.4) is 0 Å². The van der Waals surface area contributed by atoms with E-state index in [1.807, 2.05) is 13.1 Å². The quantitative estimate of drug-likeness (QED) is 0.676. The zero-order chi connectivity index (χ0) is 18.2. The summed E-state index contributed by atoms with van der Waals surface area (Å²) in [6, 6.07) is 5.56. The molecular formula is C19H33FN4O. The molecule has 1 aliphatic rings. The molecule has 1 aliphatic heterocycles. The van der Waals surface area contributed by atoms with Gasteiger partial charge in [-0.15, -0.1) is 0 Å². The molecule has 6 heteroatoms. The first kappa shape index (κ1) is 20.1. The highest BCUT2D eigenvalue weighted by Crippen LogP contribution is 2.34. The molecule has 1 fully saturated rings. The first-order valence-electron chi connectivity index (χ1n) is 9.27. The zero-order valence-corrected chi connectivity index (χ0v) is 16.0. The van der Waals surface area contributed by atoms with Crippen molar-refractivity contribution in [2.45, 2.75) is 25.8 Å². The molecule has 1 saturated heterocycles. The highest BCUT2D eigenvalue weighted by atomic mass is 19.1. The molecule has 2 unspecified atom stereocenters. The average molecular weight is 352 g/mol. The van der Waals surface area contributed by atoms with E-state index in [1.54, 1.807) is 12.1 Å². The van der Waals surface area contributed by atoms with Crippen molar-refractivity contribution in [3.63, 3.8) is 0 Å². The van der Waals surface area contributed by atoms with Crippen molar-refractivity contribution in [3.05, 3.63) is 29.6 Å². The van der Waals surface area contributed by atoms with Gasteiger partial charge in [0.1, 0.15) is 0 Å². The minimum absolute atomic E-state index is 0.184. The van der Waals surface area contributed by atoms with Crippen molar-refractivity contribution >= 4 is 0 Å². The maximum atomic E-state index is 14.3. The fourth-order valence-corrected chi connectivity index (χ4v) is 3.52. The van der Waals surface area contributed by atoms with Crippen LogP contribution < -0.4 is 15.5 Å². The molecule has 5 nitrogen and oxygen atoms in total. The molecule has 1 heterocycles. The standard InChI is InChI=1S/C19H33FN4O/c1-5-6-10-24-19(15-7-8-18(25-4)17(20)12-15)16(13-22-24)14-23(3)11-9-21-2/h7-8,12,16,19,21-22H,5-6,9-11,13-14H2,1-4H3. The van der Waals surface area contributed by atoms with Crippen molar-refractivity contribution in [2.24, 2.45) is 5.92 Å². The van der Waals surface area contributed by atoms with Gasteiger partial charge in [0.05, 0.1) is 13.2 Å². The summed E-state index contributed by atoms with van der Waals surface area (Å²) in [7, 11) is 5.63. The zero-order valence-electron chi connectivity index (χ0n) is 16.0. The highest BCUT2D eigenvalue weighted by Gasteiger charge is 2.35. The van der Waals surface area contributed by atoms with Crippen molar-refractivity contribution < 1.29 is 9.13 Å². The van der Waals surface area contributed by atoms with Gasteiger partial charge in [0.15, 0.2) is 11.6 Å². The van der Waals surface area contributed by atoms with Gasteiger partial charge in [0.25, 0.3) is 0 Å². The third-order valence-electron chi connectivity index (χ3n) is 4.90. The number of hydrogen-bond acceptors (Lipinski definition) is 5. The lowest BCUT2D eigenvalue weighted by Crippen LogP contribution is -2.36. The third-order valence-corrected chi connectivity index (χ3v) is 4.90. The molecule has 0 aromatic heterocycles. The van der Waals surface area contributed by atoms with Crippen LogP contribution in [0.2, 0.25) is 0 Å². The van der Waals surface area contributed by atoms with E-state index in [0.717, 1.165) is 51.1 Å². The molecular weight excluding hydrogens is 319 g/mol. The minimum atomic E-state index is -0.287. The minimum Gasteiger partial charge on any atom is -0.494 e. The van der Waals surface area contributed by atoms with E-state index in [0.29, 0.717) is 11.7 Å². The summed E-state index contributed by atoms with van der Waals surface area (Å²) in [5.41, 5.74) is 4.56. The van der Waals surface area contributed by atoms with Gasteiger partial charge in [-0.3, -0.25) is 5.43 Å². The van der Waals surface area contributed by atoms with Gasteiger partial charge in [-0.2, -0.15) is 0 Å². The first-order valence-corrected chi connectivity index (χ1v) is 9.27. The van der Waals surface area contributed by atoms with E-state index in [1.165, 1.54) is 7.11 Å². The lowest BCUT2D eigenvalue weighted by atomic mass is 9.93. The van der Waals surface area contributed by atoms with Crippen LogP contribution in [-0.4, -0.2) is 63.8 Å². The molecule has 0 saturated carbocycles. The van der Waals surface area contributed by atoms with E-state index in [9.17, 15) is 4.39 Å². The van der Waals surface area contributed by atoms with Crippen molar-refractivity contribution in [1.29, 1.82) is 0 Å². The molecule has 25 heavy (non-hydrogen) atoms. The Hall–Kier alpha value is -1.21. The van der Waals surface area contributed by atoms with Crippen LogP contribution in [0.1, 0.15) is 31.4 Å². The Morgan fingerprint density at radius 3 is 2.88 bits per heavy atom. The summed E-state index contributed by atoms with van der Waals surface area (Å²) in [5.74, 6) is 0.439. The maximum Gasteiger partial charge on any atom is 0.165 e. The van der Waals surface area contributed by atoms with Crippen LogP contribution in [0.4, 0.5) is 4.39 Å². The molecule has 2 N–H and O–H groups in total. The van der Waals surface area contributed by atoms with Gasteiger partial charge in [-0.25, -0.2) is 9.40 Å². The summed E-state index contributed by atoms with van der Waals surface area (Å²) >= 11 is 0. The topological polar surface area (TPSA) is 39.8 Å². The van der Waals surface area contributed by atoms with Crippen LogP contribution in [0.5, 0.6) is 5.75 Å². The summed E-state index contributed by atoms with van der Waals surface area (Å²) in [5, 5.41) is 5.49. The number of methoxy groups -OCH3 is 1. The van der Waals surface area contributed by atoms with Gasteiger partial charge < -0.3 is 15.0 Å². The van der Waals surface area contributed by atoms with Crippen molar-refractivity contribution in [2.75, 3.05) is 53.9 Å². The smallest absolute Gasteiger partial charge is 0.165 e. The number of nitrogens with zero attached hydrogens (tertiary/aromatic N) is 2. The molecule has 1 aromatic carbocycles. The van der Waals surface area contributed by atoms with Gasteiger partial charge in [0.2, 0.25) is 0 Å². The second kappa shape index (κ2) is 10.1. The number of benzene rings is 1. The number of likely N-dealkylation sites (N-methyl/N-ethyl adjacent to an activating group) is 2. The average Bonchev–Trinajstić information content (AvgIpc) is 3.00. The molecule has 0 spiro atoms. The van der Waals surface area contributed by atoms with E-state index < -0.39 is 0 Å². The normalized spacial score (nSPS) is 21.2. The molecule has 2 atom stereocenters. The van der Waals surface area contributed by atoms with Gasteiger partial charge in [-0.1, -0.05) is 19.4 Å². The monoisotopic (exact) mass is 352 g/mol. The number of halogens is 1. The Balaban J connectivity index is 2.16. The Morgan fingerprint density at radius 1 is 1.44 bits per heavy atom. The number of hydrazine groups is 1. The largest absolute Gasteiger partial charge is 0.494 e. The molecule has 0 radical (unpaired) electrons. The number of nitrogens with one attached hydrogen (secondary N) is 2. The second-order valence-corrected chi connectivity index (χ2v) is 6.87. The first-order chi connectivity index (χ1) is 12.1. The molecule has 0 amide bonds. The van der Waals surface area contributed by atoms with Crippen molar-refractivity contribution in [3.8, 4) is 5.75 Å². The predicted molar refractivity (Wildman–Crippen MR) is 100 cm³/mol. The fourth-order valence-electron chi connectivity index (χ4n) is 3.52. The molecule has 1 aromatic rings. The number of hydrogen-bond donors (Lipinski definition) is 2. The summed E-state index contributed by atoms with van der Waals surface area (Å²) in [6.07, 6.45) is 2.28. The van der Waals surface area contributed by atoms with Gasteiger partial charge in [0, 0.05) is 38.6 Å². The van der Waals surface area contributed by atoms with Crippen molar-refractivity contribution in [1.82, 2.24) is 20.7 Å². The highest BCUT2D eigenvalue weighted by molar-refractivity contribution is 5.32. The SMILES string of the molecule is CCCCN1NCC(CN(C)CCNC)C1c1ccc(OC)c(F)c1. The Kier molecular flexibility index (Phi) is 8.09. The lowest BCUT2D eigenvalue weighted by Gasteiger charge is -2.30. The van der Waals surface area contributed by atoms with Crippen LogP contribution in [0.25, 0.3) is 0 Å². The van der Waals surface area contributed by atoms with E-state index in [4.69, 9.17) is 4.74 Å². The summed E-state index contributed by atoms with van der Waals surface area (Å²) in [4.78, 5) is 2.35. The Bertz CT molecular complexity index is 528. The Morgan fingerprint density at radius 2 is 2.24 bits per heavy atom. The van der Waals surface area contributed by atoms with Gasteiger partial charge >= 0.3 is 0 Å². The third kappa shape index (κ3) is 5.38. The second-order valence-electron chi connectivity index (χ2n) is 6.87. The lowest BCUT2D eigenvalue weighted by molar-refractivity contribution is 0.157. The van der Waals surface area contributed by atoms with Crippen LogP contribution in [0, 0.1) is 11.7 Å². The van der Waals surface area contributed by atoms with Crippen LogP contribution in [0.15, 0.2) is 18.2 Å². The fraction of sp³-hybridized carbons (Fsp3) is 0.684. The Labute approximate surface area is 151 Å². The van der Waals surface area contributed by atoms with E-state index >= 15 is 0 Å². The number of ether oxygens (including phenoxy) is 1. The van der Waals surface area contributed by atoms with Crippen LogP contribution in [-0.2, 0) is 0 Å². The van der Waals surface area contributed by atoms with Crippen LogP contribution >= 0.6 is 0 Å². The van der Waals surface area contributed by atoms with E-state index in [-0.39, 0.29) is 11.9 Å². The predicted octanol–water partition coefficient (Wildman–Crippen LogP) is 2.26. The molecule has 0 bridgehead atoms. The number of unbranched alkanes of at least 4 members (excludes halogenated alkanes) is 1. The summed E-state index contributed by atoms with van der Waals surface area (Å²) in [6.45, 7) is 7.05. The number of rotatable bonds is 10. The summed E-state index contributed by atoms with van der Waals surface area (Å²) < 4.78 is 19.3. The van der Waals surface area contributed by atoms with Gasteiger partial charge in [-0.05, 0) is 38.2 Å². The molecule has 2 rings (SSSR count).